The average molecular weight is 300 g/mol. The van der Waals surface area contributed by atoms with Gasteiger partial charge in [-0.05, 0) is 57.2 Å². The fourth-order valence-corrected chi connectivity index (χ4v) is 2.21. The molecule has 2 atom stereocenters. The molecule has 2 aromatic carbocycles. The van der Waals surface area contributed by atoms with Crippen molar-refractivity contribution < 1.29 is 76.6 Å². The third-order valence-corrected chi connectivity index (χ3v) is 3.45. The van der Waals surface area contributed by atoms with Crippen molar-refractivity contribution >= 4 is 32.9 Å². The zero-order valence-electron chi connectivity index (χ0n) is 9.91. The first-order valence-corrected chi connectivity index (χ1v) is 6.45. The summed E-state index contributed by atoms with van der Waals surface area (Å²) in [6, 6.07) is 9.02. The molecule has 0 bridgehead atoms. The van der Waals surface area contributed by atoms with Crippen LogP contribution >= 0.6 is 0 Å². The number of rotatable bonds is 2. The Balaban J connectivity index is 0.00000144. The molecule has 2 unspecified atom stereocenters. The standard InChI is InChI=1S/C10H8O4S2.2Na/c11-15(12)9-3-1-7-5-10(16(13)14)4-2-8(7)6-9;;/h1-6H,(H,11,12)(H,13,14);;/q;2*+1/p-2. The predicted octanol–water partition coefficient (Wildman–Crippen LogP) is -4.68. The normalized spacial score (nSPS) is 13.2. The monoisotopic (exact) mass is 300 g/mol. The van der Waals surface area contributed by atoms with Crippen LogP contribution in [0.2, 0.25) is 0 Å². The molecule has 84 valence electrons. The second-order valence-corrected chi connectivity index (χ2v) is 5.02. The van der Waals surface area contributed by atoms with Crippen LogP contribution in [0, 0.1) is 0 Å². The summed E-state index contributed by atoms with van der Waals surface area (Å²) < 4.78 is 42.9. The Kier molecular flexibility index (Phi) is 8.68. The van der Waals surface area contributed by atoms with Crippen LogP contribution in [0.1, 0.15) is 0 Å². The van der Waals surface area contributed by atoms with Gasteiger partial charge >= 0.3 is 59.1 Å². The summed E-state index contributed by atoms with van der Waals surface area (Å²) in [5, 5.41) is 1.38. The molecule has 0 radical (unpaired) electrons. The molecule has 0 fully saturated rings. The first-order valence-electron chi connectivity index (χ1n) is 4.30. The van der Waals surface area contributed by atoms with Crippen LogP contribution in [-0.4, -0.2) is 17.5 Å². The maximum absolute atomic E-state index is 10.7. The molecule has 0 saturated heterocycles. The molecular formula is C10H6Na2O4S2. The van der Waals surface area contributed by atoms with Crippen molar-refractivity contribution in [2.45, 2.75) is 9.79 Å². The number of benzene rings is 2. The maximum atomic E-state index is 10.7. The van der Waals surface area contributed by atoms with Gasteiger partial charge in [-0.2, -0.15) is 0 Å². The number of hydrogen-bond donors (Lipinski definition) is 0. The molecule has 0 saturated carbocycles. The predicted molar refractivity (Wildman–Crippen MR) is 58.3 cm³/mol. The van der Waals surface area contributed by atoms with Gasteiger partial charge in [0.05, 0.1) is 0 Å². The molecule has 0 aliphatic rings. The van der Waals surface area contributed by atoms with E-state index in [-0.39, 0.29) is 68.9 Å². The summed E-state index contributed by atoms with van der Waals surface area (Å²) in [5.41, 5.74) is 0. The van der Waals surface area contributed by atoms with Crippen molar-refractivity contribution in [2.24, 2.45) is 0 Å². The fraction of sp³-hybridized carbons (Fsp3) is 0. The van der Waals surface area contributed by atoms with Gasteiger partial charge in [0.15, 0.2) is 0 Å². The Morgan fingerprint density at radius 2 is 1.06 bits per heavy atom. The summed E-state index contributed by atoms with van der Waals surface area (Å²) in [7, 11) is 0. The van der Waals surface area contributed by atoms with Crippen LogP contribution < -0.4 is 59.1 Å². The SMILES string of the molecule is O=S([O-])c1ccc2cc(S(=O)[O-])ccc2c1.[Na+].[Na+]. The molecule has 0 amide bonds. The van der Waals surface area contributed by atoms with Crippen molar-refractivity contribution in [1.82, 2.24) is 0 Å². The molecule has 0 spiro atoms. The van der Waals surface area contributed by atoms with Crippen LogP contribution in [0.15, 0.2) is 46.2 Å². The van der Waals surface area contributed by atoms with Crippen molar-refractivity contribution in [1.29, 1.82) is 0 Å². The van der Waals surface area contributed by atoms with E-state index in [4.69, 9.17) is 0 Å². The number of hydrogen-bond acceptors (Lipinski definition) is 4. The Bertz CT molecular complexity index is 550. The smallest absolute Gasteiger partial charge is 0.768 e. The summed E-state index contributed by atoms with van der Waals surface area (Å²) in [6.07, 6.45) is 0. The third-order valence-electron chi connectivity index (χ3n) is 2.17. The molecular weight excluding hydrogens is 294 g/mol. The van der Waals surface area contributed by atoms with Gasteiger partial charge in [-0.25, -0.2) is 0 Å². The van der Waals surface area contributed by atoms with Gasteiger partial charge in [-0.15, -0.1) is 0 Å². The Morgan fingerprint density at radius 3 is 1.33 bits per heavy atom. The fourth-order valence-electron chi connectivity index (χ4n) is 1.41. The van der Waals surface area contributed by atoms with E-state index in [1.54, 1.807) is 12.1 Å². The molecule has 0 heterocycles. The molecule has 8 heteroatoms. The van der Waals surface area contributed by atoms with Crippen LogP contribution in [0.4, 0.5) is 0 Å². The van der Waals surface area contributed by atoms with Gasteiger partial charge in [0.2, 0.25) is 0 Å². The van der Waals surface area contributed by atoms with E-state index in [0.717, 1.165) is 0 Å². The van der Waals surface area contributed by atoms with E-state index in [1.165, 1.54) is 24.3 Å². The zero-order chi connectivity index (χ0) is 11.7. The maximum Gasteiger partial charge on any atom is 1.00 e. The molecule has 4 nitrogen and oxygen atoms in total. The van der Waals surface area contributed by atoms with Gasteiger partial charge in [-0.3, -0.25) is 8.42 Å². The second-order valence-electron chi connectivity index (χ2n) is 3.14. The van der Waals surface area contributed by atoms with Crippen LogP contribution in [0.25, 0.3) is 10.8 Å². The van der Waals surface area contributed by atoms with Gasteiger partial charge in [0.25, 0.3) is 0 Å². The number of fused-ring (bicyclic) bond motifs is 1. The van der Waals surface area contributed by atoms with Gasteiger partial charge in [0, 0.05) is 9.79 Å². The van der Waals surface area contributed by atoms with E-state index < -0.39 is 22.2 Å². The minimum atomic E-state index is -2.27. The Labute approximate surface area is 154 Å². The van der Waals surface area contributed by atoms with E-state index in [0.29, 0.717) is 10.8 Å². The van der Waals surface area contributed by atoms with Crippen molar-refractivity contribution in [3.63, 3.8) is 0 Å². The topological polar surface area (TPSA) is 80.3 Å². The average Bonchev–Trinajstić information content (AvgIpc) is 2.27. The first kappa shape index (κ1) is 18.9. The Hall–Kier alpha value is 0.920. The van der Waals surface area contributed by atoms with E-state index >= 15 is 0 Å². The quantitative estimate of drug-likeness (QED) is 0.412. The molecule has 2 aromatic rings. The Morgan fingerprint density at radius 1 is 0.722 bits per heavy atom. The summed E-state index contributed by atoms with van der Waals surface area (Å²) in [6.45, 7) is 0. The second kappa shape index (κ2) is 8.26. The molecule has 0 N–H and O–H groups in total. The van der Waals surface area contributed by atoms with E-state index in [2.05, 4.69) is 0 Å². The summed E-state index contributed by atoms with van der Waals surface area (Å²) in [5.74, 6) is 0. The van der Waals surface area contributed by atoms with E-state index in [1.807, 2.05) is 0 Å². The zero-order valence-corrected chi connectivity index (χ0v) is 15.5. The minimum Gasteiger partial charge on any atom is -0.768 e. The molecule has 0 aromatic heterocycles. The minimum absolute atomic E-state index is 0. The van der Waals surface area contributed by atoms with Gasteiger partial charge in [0.1, 0.15) is 0 Å². The van der Waals surface area contributed by atoms with Crippen molar-refractivity contribution in [3.05, 3.63) is 36.4 Å². The molecule has 0 aliphatic carbocycles. The molecule has 2 rings (SSSR count). The van der Waals surface area contributed by atoms with Gasteiger partial charge in [-0.1, -0.05) is 12.1 Å². The molecule has 18 heavy (non-hydrogen) atoms. The largest absolute Gasteiger partial charge is 1.00 e. The first-order chi connectivity index (χ1) is 7.58. The molecule has 0 aliphatic heterocycles. The summed E-state index contributed by atoms with van der Waals surface area (Å²) in [4.78, 5) is 0.368. The van der Waals surface area contributed by atoms with Crippen molar-refractivity contribution in [3.8, 4) is 0 Å². The van der Waals surface area contributed by atoms with E-state index in [9.17, 15) is 17.5 Å². The summed E-state index contributed by atoms with van der Waals surface area (Å²) >= 11 is -4.54. The van der Waals surface area contributed by atoms with Crippen LogP contribution in [0.3, 0.4) is 0 Å². The van der Waals surface area contributed by atoms with Gasteiger partial charge < -0.3 is 9.11 Å². The third kappa shape index (κ3) is 4.49. The van der Waals surface area contributed by atoms with Crippen molar-refractivity contribution in [2.75, 3.05) is 0 Å². The van der Waals surface area contributed by atoms with Crippen LogP contribution in [-0.2, 0) is 22.2 Å². The van der Waals surface area contributed by atoms with Crippen LogP contribution in [0.5, 0.6) is 0 Å².